The van der Waals surface area contributed by atoms with E-state index in [0.717, 1.165) is 24.1 Å². The van der Waals surface area contributed by atoms with Crippen LogP contribution in [0.2, 0.25) is 0 Å². The van der Waals surface area contributed by atoms with Crippen molar-refractivity contribution in [3.8, 4) is 11.5 Å². The molecule has 0 bridgehead atoms. The molecular weight excluding hydrogens is 382 g/mol. The van der Waals surface area contributed by atoms with Crippen LogP contribution in [0, 0.1) is 11.6 Å². The van der Waals surface area contributed by atoms with Crippen molar-refractivity contribution < 1.29 is 27.8 Å². The molecule has 0 saturated carbocycles. The zero-order valence-electron chi connectivity index (χ0n) is 16.3. The van der Waals surface area contributed by atoms with Crippen molar-refractivity contribution in [1.29, 1.82) is 0 Å². The Bertz CT molecular complexity index is 946. The highest BCUT2D eigenvalue weighted by atomic mass is 19.2. The largest absolute Gasteiger partial charge is 0.483 e. The molecule has 0 spiro atoms. The summed E-state index contributed by atoms with van der Waals surface area (Å²) in [4.78, 5) is 24.5. The van der Waals surface area contributed by atoms with Crippen molar-refractivity contribution in [3.63, 3.8) is 0 Å². The van der Waals surface area contributed by atoms with Crippen LogP contribution in [0.1, 0.15) is 31.0 Å². The van der Waals surface area contributed by atoms with Gasteiger partial charge in [-0.2, -0.15) is 0 Å². The standard InChI is InChI=1S/C21H22F2N2O4/c1-21(2)10-13-5-4-6-16(19(13)29-21)28-11-17(26)25-18(20(27)24-3)12-7-8-14(22)15(23)9-12/h4-9,18H,10-11H2,1-3H3,(H,24,27)(H,25,26). The average molecular weight is 404 g/mol. The minimum atomic E-state index is -1.19. The van der Waals surface area contributed by atoms with E-state index in [1.807, 2.05) is 26.0 Å². The first-order valence-electron chi connectivity index (χ1n) is 9.10. The van der Waals surface area contributed by atoms with Gasteiger partial charge in [0.15, 0.2) is 29.7 Å². The molecule has 3 rings (SSSR count). The number of likely N-dealkylation sites (N-methyl/N-ethyl adjacent to an activating group) is 1. The second kappa shape index (κ2) is 8.06. The van der Waals surface area contributed by atoms with Crippen LogP contribution in [0.15, 0.2) is 36.4 Å². The van der Waals surface area contributed by atoms with Crippen LogP contribution in [-0.2, 0) is 16.0 Å². The Morgan fingerprint density at radius 2 is 1.97 bits per heavy atom. The van der Waals surface area contributed by atoms with E-state index < -0.39 is 29.5 Å². The molecule has 29 heavy (non-hydrogen) atoms. The van der Waals surface area contributed by atoms with Crippen molar-refractivity contribution >= 4 is 11.8 Å². The number of rotatable bonds is 6. The fourth-order valence-electron chi connectivity index (χ4n) is 3.18. The minimum Gasteiger partial charge on any atom is -0.483 e. The van der Waals surface area contributed by atoms with Gasteiger partial charge in [0.1, 0.15) is 11.6 Å². The zero-order chi connectivity index (χ0) is 21.2. The van der Waals surface area contributed by atoms with Crippen molar-refractivity contribution in [2.45, 2.75) is 31.9 Å². The highest BCUT2D eigenvalue weighted by Gasteiger charge is 2.32. The van der Waals surface area contributed by atoms with E-state index in [0.29, 0.717) is 11.5 Å². The van der Waals surface area contributed by atoms with Crippen molar-refractivity contribution in [2.24, 2.45) is 0 Å². The summed E-state index contributed by atoms with van der Waals surface area (Å²) < 4.78 is 38.2. The molecule has 2 aromatic carbocycles. The van der Waals surface area contributed by atoms with Gasteiger partial charge in [0.25, 0.3) is 5.91 Å². The van der Waals surface area contributed by atoms with Gasteiger partial charge in [0.2, 0.25) is 5.91 Å². The van der Waals surface area contributed by atoms with Gasteiger partial charge in [0, 0.05) is 19.0 Å². The maximum Gasteiger partial charge on any atom is 0.258 e. The third kappa shape index (κ3) is 4.64. The smallest absolute Gasteiger partial charge is 0.258 e. The van der Waals surface area contributed by atoms with E-state index in [9.17, 15) is 18.4 Å². The Labute approximate surface area is 167 Å². The van der Waals surface area contributed by atoms with E-state index in [4.69, 9.17) is 9.47 Å². The number of hydrogen-bond donors (Lipinski definition) is 2. The molecule has 1 unspecified atom stereocenters. The van der Waals surface area contributed by atoms with Gasteiger partial charge >= 0.3 is 0 Å². The normalized spacial score (nSPS) is 15.1. The molecule has 1 aliphatic heterocycles. The molecular formula is C21H22F2N2O4. The third-order valence-electron chi connectivity index (χ3n) is 4.50. The number of carbonyl (C=O) groups excluding carboxylic acids is 2. The summed E-state index contributed by atoms with van der Waals surface area (Å²) in [6.07, 6.45) is 0.723. The quantitative estimate of drug-likeness (QED) is 0.776. The number of amides is 2. The molecule has 2 aromatic rings. The SMILES string of the molecule is CNC(=O)C(NC(=O)COc1cccc2c1OC(C)(C)C2)c1ccc(F)c(F)c1. The third-order valence-corrected chi connectivity index (χ3v) is 4.50. The van der Waals surface area contributed by atoms with Gasteiger partial charge in [-0.25, -0.2) is 8.78 Å². The van der Waals surface area contributed by atoms with Crippen LogP contribution in [0.4, 0.5) is 8.78 Å². The number of carbonyl (C=O) groups is 2. The second-order valence-corrected chi connectivity index (χ2v) is 7.36. The Kier molecular flexibility index (Phi) is 5.72. The highest BCUT2D eigenvalue weighted by Crippen LogP contribution is 2.41. The monoisotopic (exact) mass is 404 g/mol. The lowest BCUT2D eigenvalue weighted by atomic mass is 10.0. The molecule has 2 N–H and O–H groups in total. The van der Waals surface area contributed by atoms with E-state index in [-0.39, 0.29) is 17.8 Å². The first kappa shape index (κ1) is 20.6. The number of para-hydroxylation sites is 1. The van der Waals surface area contributed by atoms with Crippen molar-refractivity contribution in [1.82, 2.24) is 10.6 Å². The van der Waals surface area contributed by atoms with Crippen molar-refractivity contribution in [2.75, 3.05) is 13.7 Å². The van der Waals surface area contributed by atoms with Crippen LogP contribution < -0.4 is 20.1 Å². The molecule has 0 aliphatic carbocycles. The van der Waals surface area contributed by atoms with Gasteiger partial charge in [-0.3, -0.25) is 9.59 Å². The van der Waals surface area contributed by atoms with Gasteiger partial charge in [-0.05, 0) is 37.6 Å². The molecule has 0 fully saturated rings. The maximum atomic E-state index is 13.5. The zero-order valence-corrected chi connectivity index (χ0v) is 16.3. The molecule has 1 atom stereocenters. The predicted octanol–water partition coefficient (Wildman–Crippen LogP) is 2.66. The summed E-state index contributed by atoms with van der Waals surface area (Å²) in [5.41, 5.74) is 0.737. The molecule has 0 radical (unpaired) electrons. The lowest BCUT2D eigenvalue weighted by Gasteiger charge is -2.19. The molecule has 0 saturated heterocycles. The first-order valence-corrected chi connectivity index (χ1v) is 9.10. The lowest BCUT2D eigenvalue weighted by molar-refractivity contribution is -0.130. The number of halogens is 2. The van der Waals surface area contributed by atoms with E-state index in [2.05, 4.69) is 10.6 Å². The minimum absolute atomic E-state index is 0.113. The van der Waals surface area contributed by atoms with Crippen LogP contribution >= 0.6 is 0 Å². The number of ether oxygens (including phenoxy) is 2. The lowest BCUT2D eigenvalue weighted by Crippen LogP contribution is -2.41. The number of benzene rings is 2. The Balaban J connectivity index is 1.70. The van der Waals surface area contributed by atoms with E-state index >= 15 is 0 Å². The van der Waals surface area contributed by atoms with Gasteiger partial charge in [0.05, 0.1) is 0 Å². The fraction of sp³-hybridized carbons (Fsp3) is 0.333. The van der Waals surface area contributed by atoms with E-state index in [1.54, 1.807) is 6.07 Å². The Morgan fingerprint density at radius 1 is 1.21 bits per heavy atom. The summed E-state index contributed by atoms with van der Waals surface area (Å²) in [5.74, 6) is -2.31. The molecule has 6 nitrogen and oxygen atoms in total. The van der Waals surface area contributed by atoms with Gasteiger partial charge in [-0.15, -0.1) is 0 Å². The summed E-state index contributed by atoms with van der Waals surface area (Å²) in [7, 11) is 1.38. The maximum absolute atomic E-state index is 13.5. The second-order valence-electron chi connectivity index (χ2n) is 7.36. The number of hydrogen-bond acceptors (Lipinski definition) is 4. The summed E-state index contributed by atoms with van der Waals surface area (Å²) in [5, 5.41) is 4.87. The van der Waals surface area contributed by atoms with Crippen LogP contribution in [0.5, 0.6) is 11.5 Å². The average Bonchev–Trinajstić information content (AvgIpc) is 3.00. The predicted molar refractivity (Wildman–Crippen MR) is 102 cm³/mol. The Morgan fingerprint density at radius 3 is 2.66 bits per heavy atom. The molecule has 1 heterocycles. The topological polar surface area (TPSA) is 76.7 Å². The van der Waals surface area contributed by atoms with Crippen LogP contribution in [0.3, 0.4) is 0 Å². The molecule has 1 aliphatic rings. The van der Waals surface area contributed by atoms with Crippen LogP contribution in [0.25, 0.3) is 0 Å². The van der Waals surface area contributed by atoms with Gasteiger partial charge < -0.3 is 20.1 Å². The molecule has 154 valence electrons. The summed E-state index contributed by atoms with van der Waals surface area (Å²) in [6.45, 7) is 3.54. The van der Waals surface area contributed by atoms with Gasteiger partial charge in [-0.1, -0.05) is 18.2 Å². The molecule has 8 heteroatoms. The number of fused-ring (bicyclic) bond motifs is 1. The summed E-state index contributed by atoms with van der Waals surface area (Å²) >= 11 is 0. The highest BCUT2D eigenvalue weighted by molar-refractivity contribution is 5.89. The molecule has 2 amide bonds. The first-order chi connectivity index (χ1) is 13.7. The Hall–Kier alpha value is -3.16. The molecule has 0 aromatic heterocycles. The summed E-state index contributed by atoms with van der Waals surface area (Å²) in [6, 6.07) is 7.25. The number of nitrogens with one attached hydrogen (secondary N) is 2. The van der Waals surface area contributed by atoms with E-state index in [1.165, 1.54) is 13.1 Å². The van der Waals surface area contributed by atoms with Crippen molar-refractivity contribution in [3.05, 3.63) is 59.2 Å². The fourth-order valence-corrected chi connectivity index (χ4v) is 3.18. The van der Waals surface area contributed by atoms with Crippen LogP contribution in [-0.4, -0.2) is 31.1 Å².